The molecule has 0 unspecified atom stereocenters. The molecule has 154 valence electrons. The van der Waals surface area contributed by atoms with E-state index >= 15 is 0 Å². The second-order valence-electron chi connectivity index (χ2n) is 7.50. The van der Waals surface area contributed by atoms with Gasteiger partial charge in [0, 0.05) is 22.5 Å². The van der Waals surface area contributed by atoms with Crippen LogP contribution in [0.4, 0.5) is 11.4 Å². The molecule has 0 spiro atoms. The molecule has 4 rings (SSSR count). The molecule has 4 aromatic carbocycles. The van der Waals surface area contributed by atoms with Gasteiger partial charge in [-0.25, -0.2) is 0 Å². The summed E-state index contributed by atoms with van der Waals surface area (Å²) >= 11 is 0. The number of hydrogen-bond donors (Lipinski definition) is 3. The van der Waals surface area contributed by atoms with Crippen molar-refractivity contribution in [1.29, 1.82) is 0 Å². The number of phenolic OH excluding ortho intramolecular Hbond substituents is 1. The highest BCUT2D eigenvalue weighted by Crippen LogP contribution is 2.27. The molecule has 0 saturated heterocycles. The lowest BCUT2D eigenvalue weighted by Gasteiger charge is -2.09. The molecule has 0 saturated carbocycles. The number of fused-ring (bicyclic) bond motifs is 1. The summed E-state index contributed by atoms with van der Waals surface area (Å²) in [6.07, 6.45) is 0. The first-order valence-corrected chi connectivity index (χ1v) is 9.92. The van der Waals surface area contributed by atoms with Gasteiger partial charge in [0.1, 0.15) is 5.75 Å². The number of amides is 2. The van der Waals surface area contributed by atoms with Crippen LogP contribution in [0.25, 0.3) is 10.8 Å². The highest BCUT2D eigenvalue weighted by atomic mass is 16.3. The predicted molar refractivity (Wildman–Crippen MR) is 124 cm³/mol. The number of aromatic hydroxyl groups is 1. The molecule has 0 fully saturated rings. The Bertz CT molecular complexity index is 1290. The lowest BCUT2D eigenvalue weighted by atomic mass is 10.0. The Morgan fingerprint density at radius 3 is 2.13 bits per heavy atom. The number of aryl methyl sites for hydroxylation is 2. The van der Waals surface area contributed by atoms with Gasteiger partial charge in [-0.15, -0.1) is 0 Å². The molecule has 0 aliphatic carbocycles. The number of carbonyl (C=O) groups is 2. The number of rotatable bonds is 4. The average Bonchev–Trinajstić information content (AvgIpc) is 2.76. The first-order valence-electron chi connectivity index (χ1n) is 9.92. The summed E-state index contributed by atoms with van der Waals surface area (Å²) in [7, 11) is 0. The Morgan fingerprint density at radius 1 is 0.710 bits per heavy atom. The molecule has 5 heteroatoms. The maximum atomic E-state index is 12.7. The molecule has 31 heavy (non-hydrogen) atoms. The highest BCUT2D eigenvalue weighted by molar-refractivity contribution is 6.08. The van der Waals surface area contributed by atoms with Crippen LogP contribution in [-0.2, 0) is 0 Å². The van der Waals surface area contributed by atoms with Gasteiger partial charge < -0.3 is 15.7 Å². The van der Waals surface area contributed by atoms with Gasteiger partial charge >= 0.3 is 0 Å². The fourth-order valence-electron chi connectivity index (χ4n) is 3.45. The normalized spacial score (nSPS) is 10.6. The van der Waals surface area contributed by atoms with E-state index in [0.717, 1.165) is 27.6 Å². The van der Waals surface area contributed by atoms with Crippen molar-refractivity contribution in [2.24, 2.45) is 0 Å². The van der Waals surface area contributed by atoms with E-state index in [9.17, 15) is 14.7 Å². The average molecular weight is 410 g/mol. The van der Waals surface area contributed by atoms with E-state index in [-0.39, 0.29) is 17.6 Å². The summed E-state index contributed by atoms with van der Waals surface area (Å²) in [6.45, 7) is 3.81. The molecule has 0 aliphatic rings. The summed E-state index contributed by atoms with van der Waals surface area (Å²) in [6, 6.07) is 23.1. The molecule has 2 amide bonds. The van der Waals surface area contributed by atoms with Crippen LogP contribution in [0.2, 0.25) is 0 Å². The fraction of sp³-hybridized carbons (Fsp3) is 0.0769. The second-order valence-corrected chi connectivity index (χ2v) is 7.50. The summed E-state index contributed by atoms with van der Waals surface area (Å²) in [4.78, 5) is 25.1. The van der Waals surface area contributed by atoms with Gasteiger partial charge in [-0.3, -0.25) is 9.59 Å². The molecular formula is C26H22N2O3. The minimum Gasteiger partial charge on any atom is -0.508 e. The summed E-state index contributed by atoms with van der Waals surface area (Å²) in [5.41, 5.74) is 4.20. The van der Waals surface area contributed by atoms with E-state index in [0.29, 0.717) is 16.8 Å². The minimum atomic E-state index is -0.246. The van der Waals surface area contributed by atoms with Crippen molar-refractivity contribution in [2.45, 2.75) is 13.8 Å². The van der Waals surface area contributed by atoms with Gasteiger partial charge in [0.05, 0.1) is 0 Å². The molecule has 0 atom stereocenters. The van der Waals surface area contributed by atoms with Gasteiger partial charge in [0.15, 0.2) is 0 Å². The monoisotopic (exact) mass is 410 g/mol. The molecule has 0 radical (unpaired) electrons. The van der Waals surface area contributed by atoms with E-state index in [1.165, 1.54) is 0 Å². The van der Waals surface area contributed by atoms with Crippen LogP contribution in [-0.4, -0.2) is 16.9 Å². The van der Waals surface area contributed by atoms with E-state index in [2.05, 4.69) is 10.6 Å². The largest absolute Gasteiger partial charge is 0.508 e. The van der Waals surface area contributed by atoms with E-state index in [4.69, 9.17) is 0 Å². The van der Waals surface area contributed by atoms with Crippen molar-refractivity contribution >= 4 is 34.0 Å². The second kappa shape index (κ2) is 8.32. The Labute approximate surface area is 180 Å². The first-order chi connectivity index (χ1) is 14.9. The standard InChI is InChI=1S/C26H22N2O3/c1-16-4-3-5-22(14-16)28-25(30)18-6-10-21(11-7-18)27-26(31)20-8-12-23-17(2)24(29)13-9-19(23)15-20/h3-15,29H,1-2H3,(H,27,31)(H,28,30). The third-order valence-electron chi connectivity index (χ3n) is 5.20. The van der Waals surface area contributed by atoms with Crippen LogP contribution in [0.15, 0.2) is 78.9 Å². The molecule has 0 heterocycles. The number of carbonyl (C=O) groups excluding carboxylic acids is 2. The quantitative estimate of drug-likeness (QED) is 0.406. The number of nitrogens with one attached hydrogen (secondary N) is 2. The zero-order chi connectivity index (χ0) is 22.0. The summed E-state index contributed by atoms with van der Waals surface area (Å²) in [5, 5.41) is 17.3. The van der Waals surface area contributed by atoms with Crippen LogP contribution in [0.5, 0.6) is 5.75 Å². The maximum absolute atomic E-state index is 12.7. The number of anilines is 2. The third kappa shape index (κ3) is 4.41. The minimum absolute atomic E-state index is 0.211. The Balaban J connectivity index is 1.46. The Kier molecular flexibility index (Phi) is 5.41. The lowest BCUT2D eigenvalue weighted by molar-refractivity contribution is 0.102. The van der Waals surface area contributed by atoms with Crippen molar-refractivity contribution in [2.75, 3.05) is 10.6 Å². The number of benzene rings is 4. The SMILES string of the molecule is Cc1cccc(NC(=O)c2ccc(NC(=O)c3ccc4c(C)c(O)ccc4c3)cc2)c1. The van der Waals surface area contributed by atoms with Crippen molar-refractivity contribution in [3.63, 3.8) is 0 Å². The van der Waals surface area contributed by atoms with Crippen LogP contribution in [0.1, 0.15) is 31.8 Å². The maximum Gasteiger partial charge on any atom is 0.255 e. The van der Waals surface area contributed by atoms with E-state index in [1.807, 2.05) is 44.2 Å². The molecule has 0 aliphatic heterocycles. The van der Waals surface area contributed by atoms with Gasteiger partial charge in [0.2, 0.25) is 0 Å². The summed E-state index contributed by atoms with van der Waals surface area (Å²) < 4.78 is 0. The Hall–Kier alpha value is -4.12. The Morgan fingerprint density at radius 2 is 1.39 bits per heavy atom. The fourth-order valence-corrected chi connectivity index (χ4v) is 3.45. The molecule has 4 aromatic rings. The molecule has 5 nitrogen and oxygen atoms in total. The predicted octanol–water partition coefficient (Wildman–Crippen LogP) is 5.67. The number of hydrogen-bond acceptors (Lipinski definition) is 3. The van der Waals surface area contributed by atoms with Gasteiger partial charge in [-0.05, 0) is 90.3 Å². The van der Waals surface area contributed by atoms with Crippen LogP contribution in [0, 0.1) is 13.8 Å². The van der Waals surface area contributed by atoms with E-state index in [1.54, 1.807) is 48.5 Å². The van der Waals surface area contributed by atoms with Crippen molar-refractivity contribution in [3.8, 4) is 5.75 Å². The van der Waals surface area contributed by atoms with Gasteiger partial charge in [-0.2, -0.15) is 0 Å². The van der Waals surface area contributed by atoms with Crippen LogP contribution in [0.3, 0.4) is 0 Å². The van der Waals surface area contributed by atoms with Crippen molar-refractivity contribution in [1.82, 2.24) is 0 Å². The molecule has 0 aromatic heterocycles. The van der Waals surface area contributed by atoms with Crippen LogP contribution < -0.4 is 10.6 Å². The lowest BCUT2D eigenvalue weighted by Crippen LogP contribution is -2.13. The topological polar surface area (TPSA) is 78.4 Å². The molecule has 3 N–H and O–H groups in total. The van der Waals surface area contributed by atoms with E-state index < -0.39 is 0 Å². The van der Waals surface area contributed by atoms with Crippen LogP contribution >= 0.6 is 0 Å². The molecular weight excluding hydrogens is 388 g/mol. The molecule has 0 bridgehead atoms. The first kappa shape index (κ1) is 20.2. The van der Waals surface area contributed by atoms with Crippen molar-refractivity contribution in [3.05, 3.63) is 101 Å². The van der Waals surface area contributed by atoms with Gasteiger partial charge in [0.25, 0.3) is 11.8 Å². The highest BCUT2D eigenvalue weighted by Gasteiger charge is 2.11. The smallest absolute Gasteiger partial charge is 0.255 e. The zero-order valence-electron chi connectivity index (χ0n) is 17.3. The number of phenols is 1. The van der Waals surface area contributed by atoms with Crippen molar-refractivity contribution < 1.29 is 14.7 Å². The zero-order valence-corrected chi connectivity index (χ0v) is 17.3. The summed E-state index contributed by atoms with van der Waals surface area (Å²) in [5.74, 6) is -0.225. The van der Waals surface area contributed by atoms with Gasteiger partial charge in [-0.1, -0.05) is 24.3 Å². The third-order valence-corrected chi connectivity index (χ3v) is 5.20.